The van der Waals surface area contributed by atoms with E-state index in [9.17, 15) is 4.79 Å². The lowest BCUT2D eigenvalue weighted by molar-refractivity contribution is -0.131. The van der Waals surface area contributed by atoms with Gasteiger partial charge < -0.3 is 4.90 Å². The minimum absolute atomic E-state index is 0.246. The molecule has 0 radical (unpaired) electrons. The van der Waals surface area contributed by atoms with Gasteiger partial charge in [-0.2, -0.15) is 0 Å². The number of halogens is 1. The third kappa shape index (κ3) is 3.18. The second-order valence-electron chi connectivity index (χ2n) is 3.95. The molecule has 0 bridgehead atoms. The molecule has 16 heavy (non-hydrogen) atoms. The molecule has 1 aliphatic heterocycles. The van der Waals surface area contributed by atoms with E-state index in [1.807, 2.05) is 35.2 Å². The van der Waals surface area contributed by atoms with Crippen LogP contribution in [-0.4, -0.2) is 40.1 Å². The van der Waals surface area contributed by atoms with Gasteiger partial charge in [-0.3, -0.25) is 4.79 Å². The zero-order valence-corrected chi connectivity index (χ0v) is 11.3. The summed E-state index contributed by atoms with van der Waals surface area (Å²) < 4.78 is 2.23. The number of hydrogen-bond donors (Lipinski definition) is 0. The first-order valence-electron chi connectivity index (χ1n) is 5.48. The smallest absolute Gasteiger partial charge is 0.227 e. The Bertz CT molecular complexity index is 347. The summed E-state index contributed by atoms with van der Waals surface area (Å²) in [6.07, 6.45) is 0.530. The fourth-order valence-corrected chi connectivity index (χ4v) is 2.25. The van der Waals surface area contributed by atoms with E-state index in [4.69, 9.17) is 0 Å². The van der Waals surface area contributed by atoms with Gasteiger partial charge in [0.05, 0.1) is 6.42 Å². The Morgan fingerprint density at radius 2 is 1.75 bits per heavy atom. The van der Waals surface area contributed by atoms with Crippen molar-refractivity contribution in [1.29, 1.82) is 0 Å². The minimum Gasteiger partial charge on any atom is -0.340 e. The zero-order chi connectivity index (χ0) is 11.4. The summed E-state index contributed by atoms with van der Waals surface area (Å²) in [5.41, 5.74) is 1.10. The minimum atomic E-state index is 0.246. The largest absolute Gasteiger partial charge is 0.340 e. The molecule has 0 spiro atoms. The molecule has 86 valence electrons. The van der Waals surface area contributed by atoms with Crippen LogP contribution < -0.4 is 0 Å². The van der Waals surface area contributed by atoms with Crippen LogP contribution in [-0.2, 0) is 11.2 Å². The van der Waals surface area contributed by atoms with Crippen LogP contribution in [0.1, 0.15) is 5.56 Å². The maximum absolute atomic E-state index is 12.0. The van der Waals surface area contributed by atoms with Crippen molar-refractivity contribution in [2.75, 3.05) is 26.2 Å². The van der Waals surface area contributed by atoms with Crippen LogP contribution in [0.5, 0.6) is 0 Å². The van der Waals surface area contributed by atoms with Crippen LogP contribution in [0.25, 0.3) is 0 Å². The fraction of sp³-hybridized carbons (Fsp3) is 0.417. The Hall–Kier alpha value is -0.620. The molecule has 1 heterocycles. The molecule has 0 N–H and O–H groups in total. The van der Waals surface area contributed by atoms with Gasteiger partial charge in [0.25, 0.3) is 0 Å². The van der Waals surface area contributed by atoms with Crippen molar-refractivity contribution in [3.8, 4) is 0 Å². The van der Waals surface area contributed by atoms with Gasteiger partial charge in [0.15, 0.2) is 0 Å². The SMILES string of the molecule is O=C(Cc1ccccc1)N1CCN(I)CC1. The Morgan fingerprint density at radius 3 is 2.38 bits per heavy atom. The first kappa shape index (κ1) is 11.9. The van der Waals surface area contributed by atoms with Gasteiger partial charge in [0.1, 0.15) is 0 Å². The zero-order valence-electron chi connectivity index (χ0n) is 9.10. The van der Waals surface area contributed by atoms with Gasteiger partial charge in [0.2, 0.25) is 5.91 Å². The molecule has 0 unspecified atom stereocenters. The Morgan fingerprint density at radius 1 is 1.12 bits per heavy atom. The Kier molecular flexibility index (Phi) is 4.17. The van der Waals surface area contributed by atoms with Crippen molar-refractivity contribution < 1.29 is 4.79 Å². The summed E-state index contributed by atoms with van der Waals surface area (Å²) in [6, 6.07) is 9.94. The molecule has 2 rings (SSSR count). The van der Waals surface area contributed by atoms with Crippen molar-refractivity contribution in [2.45, 2.75) is 6.42 Å². The van der Waals surface area contributed by atoms with Crippen molar-refractivity contribution in [1.82, 2.24) is 8.01 Å². The summed E-state index contributed by atoms with van der Waals surface area (Å²) in [5, 5.41) is 0. The van der Waals surface area contributed by atoms with Crippen molar-refractivity contribution in [3.05, 3.63) is 35.9 Å². The molecule has 1 amide bonds. The van der Waals surface area contributed by atoms with Crippen LogP contribution in [0.15, 0.2) is 30.3 Å². The molecule has 1 fully saturated rings. The highest BCUT2D eigenvalue weighted by molar-refractivity contribution is 14.1. The molecule has 0 saturated carbocycles. The van der Waals surface area contributed by atoms with Crippen LogP contribution in [0, 0.1) is 0 Å². The second-order valence-corrected chi connectivity index (χ2v) is 5.32. The first-order valence-corrected chi connectivity index (χ1v) is 6.44. The summed E-state index contributed by atoms with van der Waals surface area (Å²) in [6.45, 7) is 3.66. The lowest BCUT2D eigenvalue weighted by Gasteiger charge is -2.31. The standard InChI is InChI=1S/C12H15IN2O/c13-15-8-6-14(7-9-15)12(16)10-11-4-2-1-3-5-11/h1-5H,6-10H2. The van der Waals surface area contributed by atoms with E-state index in [2.05, 4.69) is 26.0 Å². The topological polar surface area (TPSA) is 23.6 Å². The molecule has 3 nitrogen and oxygen atoms in total. The molecule has 1 aliphatic rings. The molecule has 1 aromatic rings. The van der Waals surface area contributed by atoms with Crippen molar-refractivity contribution >= 4 is 28.8 Å². The summed E-state index contributed by atoms with van der Waals surface area (Å²) in [7, 11) is 0. The highest BCUT2D eigenvalue weighted by Gasteiger charge is 2.19. The van der Waals surface area contributed by atoms with Crippen LogP contribution in [0.4, 0.5) is 0 Å². The predicted octanol–water partition coefficient (Wildman–Crippen LogP) is 1.72. The number of carbonyl (C=O) groups is 1. The van der Waals surface area contributed by atoms with Crippen molar-refractivity contribution in [3.63, 3.8) is 0 Å². The molecule has 1 saturated heterocycles. The molecular weight excluding hydrogens is 315 g/mol. The number of amides is 1. The molecule has 0 aromatic heterocycles. The van der Waals surface area contributed by atoms with Gasteiger partial charge in [-0.05, 0) is 5.56 Å². The maximum atomic E-state index is 12.0. The van der Waals surface area contributed by atoms with Gasteiger partial charge in [-0.25, -0.2) is 3.11 Å². The van der Waals surface area contributed by atoms with Gasteiger partial charge in [-0.1, -0.05) is 30.3 Å². The van der Waals surface area contributed by atoms with Gasteiger partial charge >= 0.3 is 0 Å². The highest BCUT2D eigenvalue weighted by atomic mass is 127. The number of benzene rings is 1. The fourth-order valence-electron chi connectivity index (χ4n) is 1.81. The van der Waals surface area contributed by atoms with Crippen LogP contribution in [0.3, 0.4) is 0 Å². The summed E-state index contributed by atoms with van der Waals surface area (Å²) in [4.78, 5) is 13.9. The molecule has 4 heteroatoms. The number of nitrogens with zero attached hydrogens (tertiary/aromatic N) is 2. The van der Waals surface area contributed by atoms with E-state index in [-0.39, 0.29) is 5.91 Å². The second kappa shape index (κ2) is 5.63. The monoisotopic (exact) mass is 330 g/mol. The van der Waals surface area contributed by atoms with Crippen LogP contribution >= 0.6 is 22.9 Å². The third-order valence-electron chi connectivity index (χ3n) is 2.78. The average molecular weight is 330 g/mol. The van der Waals surface area contributed by atoms with E-state index in [0.717, 1.165) is 31.7 Å². The predicted molar refractivity (Wildman–Crippen MR) is 72.3 cm³/mol. The van der Waals surface area contributed by atoms with E-state index in [0.29, 0.717) is 6.42 Å². The third-order valence-corrected chi connectivity index (χ3v) is 3.74. The highest BCUT2D eigenvalue weighted by Crippen LogP contribution is 2.09. The van der Waals surface area contributed by atoms with Crippen molar-refractivity contribution in [2.24, 2.45) is 0 Å². The number of hydrogen-bond acceptors (Lipinski definition) is 2. The average Bonchev–Trinajstić information content (AvgIpc) is 2.31. The molecule has 0 aliphatic carbocycles. The summed E-state index contributed by atoms with van der Waals surface area (Å²) in [5.74, 6) is 0.246. The molecule has 1 aromatic carbocycles. The first-order chi connectivity index (χ1) is 7.75. The van der Waals surface area contributed by atoms with Gasteiger partial charge in [-0.15, -0.1) is 0 Å². The van der Waals surface area contributed by atoms with E-state index in [1.54, 1.807) is 0 Å². The molecular formula is C12H15IN2O. The van der Waals surface area contributed by atoms with Crippen LogP contribution in [0.2, 0.25) is 0 Å². The van der Waals surface area contributed by atoms with E-state index in [1.165, 1.54) is 0 Å². The molecule has 0 atom stereocenters. The van der Waals surface area contributed by atoms with E-state index < -0.39 is 0 Å². The summed E-state index contributed by atoms with van der Waals surface area (Å²) >= 11 is 2.31. The maximum Gasteiger partial charge on any atom is 0.227 e. The number of rotatable bonds is 2. The van der Waals surface area contributed by atoms with E-state index >= 15 is 0 Å². The Labute approximate surface area is 110 Å². The quantitative estimate of drug-likeness (QED) is 0.609. The Balaban J connectivity index is 1.89. The lowest BCUT2D eigenvalue weighted by Crippen LogP contribution is -2.45. The number of carbonyl (C=O) groups excluding carboxylic acids is 1. The number of piperazine rings is 1. The lowest BCUT2D eigenvalue weighted by atomic mass is 10.1. The van der Waals surface area contributed by atoms with Gasteiger partial charge in [0, 0.05) is 49.0 Å². The normalized spacial score (nSPS) is 17.4.